The fourth-order valence-electron chi connectivity index (χ4n) is 2.94. The Morgan fingerprint density at radius 2 is 1.58 bits per heavy atom. The summed E-state index contributed by atoms with van der Waals surface area (Å²) in [6, 6.07) is 7.26. The lowest BCUT2D eigenvalue weighted by atomic mass is 9.98. The highest BCUT2D eigenvalue weighted by atomic mass is 16.2. The number of carbonyl (C=O) groups excluding carboxylic acids is 2. The minimum Gasteiger partial charge on any atom is -0.336 e. The number of anilines is 2. The molecule has 1 saturated heterocycles. The minimum absolute atomic E-state index is 0.0236. The molecule has 1 aromatic rings. The Kier molecular flexibility index (Phi) is 7.45. The van der Waals surface area contributed by atoms with E-state index in [1.807, 2.05) is 13.8 Å². The molecule has 1 aliphatic heterocycles. The van der Waals surface area contributed by atoms with Gasteiger partial charge in [0.25, 0.3) is 0 Å². The van der Waals surface area contributed by atoms with Crippen molar-refractivity contribution in [1.82, 2.24) is 10.2 Å². The van der Waals surface area contributed by atoms with Gasteiger partial charge in [-0.15, -0.1) is 0 Å². The molecule has 0 saturated carbocycles. The van der Waals surface area contributed by atoms with Crippen LogP contribution in [0.1, 0.15) is 40.5 Å². The standard InChI is InChI=1S/C20H32N4O2/c1-14(2)19(25)22-17-5-7-18(8-6-17)23-20(26)21-13-16(4)24-11-9-15(3)10-12-24/h5-8,14-16H,9-13H2,1-4H3,(H,22,25)(H2,21,23,26)/t16-/m0/s1. The van der Waals surface area contributed by atoms with E-state index in [1.165, 1.54) is 12.8 Å². The van der Waals surface area contributed by atoms with Crippen LogP contribution in [0.4, 0.5) is 16.2 Å². The molecule has 0 spiro atoms. The van der Waals surface area contributed by atoms with E-state index in [0.717, 1.165) is 24.7 Å². The van der Waals surface area contributed by atoms with Crippen LogP contribution >= 0.6 is 0 Å². The van der Waals surface area contributed by atoms with Crippen LogP contribution in [0, 0.1) is 11.8 Å². The van der Waals surface area contributed by atoms with Crippen molar-refractivity contribution < 1.29 is 9.59 Å². The fraction of sp³-hybridized carbons (Fsp3) is 0.600. The average molecular weight is 361 g/mol. The molecule has 144 valence electrons. The highest BCUT2D eigenvalue weighted by Crippen LogP contribution is 2.18. The van der Waals surface area contributed by atoms with Crippen molar-refractivity contribution in [1.29, 1.82) is 0 Å². The van der Waals surface area contributed by atoms with E-state index in [-0.39, 0.29) is 17.9 Å². The summed E-state index contributed by atoms with van der Waals surface area (Å²) >= 11 is 0. The predicted octanol–water partition coefficient (Wildman–Crippen LogP) is 3.52. The monoisotopic (exact) mass is 360 g/mol. The molecule has 2 rings (SSSR count). The van der Waals surface area contributed by atoms with Gasteiger partial charge in [-0.25, -0.2) is 4.79 Å². The lowest BCUT2D eigenvalue weighted by Gasteiger charge is -2.34. The molecule has 26 heavy (non-hydrogen) atoms. The van der Waals surface area contributed by atoms with Crippen molar-refractivity contribution in [2.24, 2.45) is 11.8 Å². The van der Waals surface area contributed by atoms with Gasteiger partial charge in [-0.2, -0.15) is 0 Å². The number of hydrogen-bond donors (Lipinski definition) is 3. The molecule has 1 fully saturated rings. The number of carbonyl (C=O) groups is 2. The van der Waals surface area contributed by atoms with Crippen molar-refractivity contribution in [3.8, 4) is 0 Å². The van der Waals surface area contributed by atoms with Gasteiger partial charge in [-0.05, 0) is 63.0 Å². The second kappa shape index (κ2) is 9.57. The van der Waals surface area contributed by atoms with Crippen molar-refractivity contribution in [2.45, 2.75) is 46.6 Å². The van der Waals surface area contributed by atoms with Gasteiger partial charge in [0.15, 0.2) is 0 Å². The van der Waals surface area contributed by atoms with Gasteiger partial charge in [0, 0.05) is 29.9 Å². The molecule has 0 aliphatic carbocycles. The van der Waals surface area contributed by atoms with Crippen LogP contribution in [-0.4, -0.2) is 42.5 Å². The number of piperidine rings is 1. The summed E-state index contributed by atoms with van der Waals surface area (Å²) in [5.74, 6) is 0.719. The zero-order valence-corrected chi connectivity index (χ0v) is 16.3. The quantitative estimate of drug-likeness (QED) is 0.727. The number of rotatable bonds is 6. The van der Waals surface area contributed by atoms with Crippen LogP contribution in [0.5, 0.6) is 0 Å². The zero-order chi connectivity index (χ0) is 19.1. The molecule has 1 aliphatic rings. The number of hydrogen-bond acceptors (Lipinski definition) is 3. The summed E-state index contributed by atoms with van der Waals surface area (Å²) in [5, 5.41) is 8.60. The summed E-state index contributed by atoms with van der Waals surface area (Å²) in [5.41, 5.74) is 1.42. The Morgan fingerprint density at radius 1 is 1.04 bits per heavy atom. The molecule has 1 aromatic carbocycles. The predicted molar refractivity (Wildman–Crippen MR) is 106 cm³/mol. The maximum atomic E-state index is 12.1. The second-order valence-corrected chi connectivity index (χ2v) is 7.62. The van der Waals surface area contributed by atoms with Crippen molar-refractivity contribution in [3.05, 3.63) is 24.3 Å². The first kappa shape index (κ1) is 20.2. The number of urea groups is 1. The Balaban J connectivity index is 1.74. The topological polar surface area (TPSA) is 73.5 Å². The number of nitrogens with zero attached hydrogens (tertiary/aromatic N) is 1. The maximum Gasteiger partial charge on any atom is 0.319 e. The van der Waals surface area contributed by atoms with E-state index in [1.54, 1.807) is 24.3 Å². The van der Waals surface area contributed by atoms with E-state index in [2.05, 4.69) is 34.7 Å². The van der Waals surface area contributed by atoms with Gasteiger partial charge in [0.05, 0.1) is 0 Å². The Morgan fingerprint density at radius 3 is 2.12 bits per heavy atom. The number of benzene rings is 1. The van der Waals surface area contributed by atoms with E-state index >= 15 is 0 Å². The van der Waals surface area contributed by atoms with E-state index in [9.17, 15) is 9.59 Å². The lowest BCUT2D eigenvalue weighted by molar-refractivity contribution is -0.118. The summed E-state index contributed by atoms with van der Waals surface area (Å²) in [6.07, 6.45) is 2.46. The first-order valence-corrected chi connectivity index (χ1v) is 9.55. The first-order chi connectivity index (χ1) is 12.3. The summed E-state index contributed by atoms with van der Waals surface area (Å²) in [6.45, 7) is 11.0. The molecule has 6 nitrogen and oxygen atoms in total. The first-order valence-electron chi connectivity index (χ1n) is 9.55. The molecule has 3 N–H and O–H groups in total. The second-order valence-electron chi connectivity index (χ2n) is 7.62. The highest BCUT2D eigenvalue weighted by Gasteiger charge is 2.20. The van der Waals surface area contributed by atoms with Crippen LogP contribution < -0.4 is 16.0 Å². The third kappa shape index (κ3) is 6.33. The zero-order valence-electron chi connectivity index (χ0n) is 16.3. The van der Waals surface area contributed by atoms with Crippen LogP contribution in [0.25, 0.3) is 0 Å². The minimum atomic E-state index is -0.207. The van der Waals surface area contributed by atoms with Gasteiger partial charge in [-0.3, -0.25) is 9.69 Å². The van der Waals surface area contributed by atoms with Gasteiger partial charge in [0.2, 0.25) is 5.91 Å². The molecular formula is C20H32N4O2. The van der Waals surface area contributed by atoms with Crippen LogP contribution in [0.3, 0.4) is 0 Å². The van der Waals surface area contributed by atoms with E-state index < -0.39 is 0 Å². The molecule has 6 heteroatoms. The fourth-order valence-corrected chi connectivity index (χ4v) is 2.94. The van der Waals surface area contributed by atoms with E-state index in [0.29, 0.717) is 18.3 Å². The van der Waals surface area contributed by atoms with Crippen LogP contribution in [0.2, 0.25) is 0 Å². The molecule has 1 heterocycles. The maximum absolute atomic E-state index is 12.1. The smallest absolute Gasteiger partial charge is 0.319 e. The SMILES string of the molecule is CC1CCN([C@@H](C)CNC(=O)Nc2ccc(NC(=O)C(C)C)cc2)CC1. The molecule has 1 atom stereocenters. The van der Waals surface area contributed by atoms with Crippen LogP contribution in [0.15, 0.2) is 24.3 Å². The normalized spacial score (nSPS) is 17.0. The van der Waals surface area contributed by atoms with Crippen molar-refractivity contribution in [2.75, 3.05) is 30.3 Å². The lowest BCUT2D eigenvalue weighted by Crippen LogP contribution is -2.46. The molecule has 0 aromatic heterocycles. The van der Waals surface area contributed by atoms with Gasteiger partial charge in [-0.1, -0.05) is 20.8 Å². The molecular weight excluding hydrogens is 328 g/mol. The number of likely N-dealkylation sites (tertiary alicyclic amines) is 1. The Bertz CT molecular complexity index is 592. The van der Waals surface area contributed by atoms with Gasteiger partial charge in [0.1, 0.15) is 0 Å². The van der Waals surface area contributed by atoms with Crippen LogP contribution in [-0.2, 0) is 4.79 Å². The number of nitrogens with one attached hydrogen (secondary N) is 3. The third-order valence-corrected chi connectivity index (χ3v) is 4.93. The van der Waals surface area contributed by atoms with Crippen molar-refractivity contribution in [3.63, 3.8) is 0 Å². The van der Waals surface area contributed by atoms with Crippen molar-refractivity contribution >= 4 is 23.3 Å². The average Bonchev–Trinajstić information content (AvgIpc) is 2.62. The largest absolute Gasteiger partial charge is 0.336 e. The van der Waals surface area contributed by atoms with Gasteiger partial charge < -0.3 is 16.0 Å². The highest BCUT2D eigenvalue weighted by molar-refractivity contribution is 5.93. The Hall–Kier alpha value is -2.08. The number of amides is 3. The molecule has 0 bridgehead atoms. The molecule has 0 radical (unpaired) electrons. The summed E-state index contributed by atoms with van der Waals surface area (Å²) < 4.78 is 0. The van der Waals surface area contributed by atoms with Gasteiger partial charge >= 0.3 is 6.03 Å². The summed E-state index contributed by atoms with van der Waals surface area (Å²) in [4.78, 5) is 26.2. The Labute approximate surface area is 156 Å². The third-order valence-electron chi connectivity index (χ3n) is 4.93. The van der Waals surface area contributed by atoms with E-state index in [4.69, 9.17) is 0 Å². The molecule has 0 unspecified atom stereocenters. The molecule has 3 amide bonds. The summed E-state index contributed by atoms with van der Waals surface area (Å²) in [7, 11) is 0.